The normalized spacial score (nSPS) is 19.0. The molecule has 1 atom stereocenters. The van der Waals surface area contributed by atoms with Crippen molar-refractivity contribution >= 4 is 21.6 Å². The first-order chi connectivity index (χ1) is 11.2. The van der Waals surface area contributed by atoms with Crippen LogP contribution in [0.3, 0.4) is 0 Å². The molecule has 0 radical (unpaired) electrons. The van der Waals surface area contributed by atoms with Crippen molar-refractivity contribution in [1.82, 2.24) is 24.6 Å². The zero-order valence-electron chi connectivity index (χ0n) is 13.6. The SMILES string of the molecule is Cc1nc(C)n(CC2CCCN2Cc2nc3ccccc3s2)n1. The van der Waals surface area contributed by atoms with Gasteiger partial charge in [0.1, 0.15) is 16.7 Å². The Kier molecular flexibility index (Phi) is 3.87. The Bertz CT molecular complexity index is 788. The van der Waals surface area contributed by atoms with E-state index in [0.717, 1.165) is 36.8 Å². The zero-order chi connectivity index (χ0) is 15.8. The summed E-state index contributed by atoms with van der Waals surface area (Å²) in [7, 11) is 0. The molecule has 1 aliphatic heterocycles. The topological polar surface area (TPSA) is 46.8 Å². The lowest BCUT2D eigenvalue weighted by Crippen LogP contribution is -2.33. The Morgan fingerprint density at radius 2 is 2.09 bits per heavy atom. The van der Waals surface area contributed by atoms with Gasteiger partial charge in [-0.1, -0.05) is 12.1 Å². The predicted molar refractivity (Wildman–Crippen MR) is 92.5 cm³/mol. The van der Waals surface area contributed by atoms with Gasteiger partial charge in [0.25, 0.3) is 0 Å². The van der Waals surface area contributed by atoms with E-state index in [2.05, 4.69) is 43.9 Å². The second-order valence-corrected chi connectivity index (χ2v) is 7.35. The van der Waals surface area contributed by atoms with Gasteiger partial charge in [-0.05, 0) is 45.4 Å². The summed E-state index contributed by atoms with van der Waals surface area (Å²) in [4.78, 5) is 11.7. The van der Waals surface area contributed by atoms with Gasteiger partial charge in [0.05, 0.1) is 23.3 Å². The molecule has 3 aromatic rings. The molecule has 1 fully saturated rings. The number of nitrogens with zero attached hydrogens (tertiary/aromatic N) is 5. The fourth-order valence-electron chi connectivity index (χ4n) is 3.41. The third-order valence-electron chi connectivity index (χ3n) is 4.52. The number of benzene rings is 1. The largest absolute Gasteiger partial charge is 0.292 e. The molecule has 0 amide bonds. The number of hydrogen-bond donors (Lipinski definition) is 0. The van der Waals surface area contributed by atoms with Crippen molar-refractivity contribution in [2.75, 3.05) is 6.54 Å². The monoisotopic (exact) mass is 327 g/mol. The van der Waals surface area contributed by atoms with E-state index in [-0.39, 0.29) is 0 Å². The lowest BCUT2D eigenvalue weighted by Gasteiger charge is -2.23. The Labute approximate surface area is 140 Å². The molecule has 2 aromatic heterocycles. The molecular weight excluding hydrogens is 306 g/mol. The quantitative estimate of drug-likeness (QED) is 0.738. The van der Waals surface area contributed by atoms with Gasteiger partial charge < -0.3 is 0 Å². The van der Waals surface area contributed by atoms with Crippen LogP contribution in [0.2, 0.25) is 0 Å². The molecule has 0 bridgehead atoms. The molecule has 6 heteroatoms. The Morgan fingerprint density at radius 1 is 1.22 bits per heavy atom. The summed E-state index contributed by atoms with van der Waals surface area (Å²) in [6, 6.07) is 8.92. The van der Waals surface area contributed by atoms with Crippen LogP contribution in [0.15, 0.2) is 24.3 Å². The van der Waals surface area contributed by atoms with E-state index in [1.165, 1.54) is 22.5 Å². The van der Waals surface area contributed by atoms with E-state index >= 15 is 0 Å². The molecule has 0 spiro atoms. The highest BCUT2D eigenvalue weighted by Crippen LogP contribution is 2.26. The second kappa shape index (κ2) is 6.02. The van der Waals surface area contributed by atoms with E-state index in [0.29, 0.717) is 6.04 Å². The number of aryl methyl sites for hydroxylation is 2. The summed E-state index contributed by atoms with van der Waals surface area (Å²) >= 11 is 1.81. The van der Waals surface area contributed by atoms with Gasteiger partial charge in [0, 0.05) is 6.04 Å². The first-order valence-corrected chi connectivity index (χ1v) is 8.97. The highest BCUT2D eigenvalue weighted by Gasteiger charge is 2.26. The van der Waals surface area contributed by atoms with Crippen LogP contribution in [0.1, 0.15) is 29.5 Å². The maximum Gasteiger partial charge on any atom is 0.147 e. The summed E-state index contributed by atoms with van der Waals surface area (Å²) < 4.78 is 3.33. The minimum atomic E-state index is 0.529. The molecule has 120 valence electrons. The van der Waals surface area contributed by atoms with Crippen molar-refractivity contribution in [3.63, 3.8) is 0 Å². The van der Waals surface area contributed by atoms with Crippen LogP contribution >= 0.6 is 11.3 Å². The van der Waals surface area contributed by atoms with E-state index < -0.39 is 0 Å². The Balaban J connectivity index is 1.50. The fraction of sp³-hybridized carbons (Fsp3) is 0.471. The smallest absolute Gasteiger partial charge is 0.147 e. The number of thiazole rings is 1. The van der Waals surface area contributed by atoms with Crippen LogP contribution in [-0.2, 0) is 13.1 Å². The van der Waals surface area contributed by atoms with Crippen LogP contribution in [0.5, 0.6) is 0 Å². The van der Waals surface area contributed by atoms with Crippen LogP contribution in [0.4, 0.5) is 0 Å². The minimum absolute atomic E-state index is 0.529. The number of aromatic nitrogens is 4. The summed E-state index contributed by atoms with van der Waals surface area (Å²) in [5, 5.41) is 5.73. The fourth-order valence-corrected chi connectivity index (χ4v) is 4.40. The van der Waals surface area contributed by atoms with Gasteiger partial charge in [0.2, 0.25) is 0 Å². The van der Waals surface area contributed by atoms with Gasteiger partial charge in [-0.3, -0.25) is 4.90 Å². The van der Waals surface area contributed by atoms with E-state index in [4.69, 9.17) is 4.98 Å². The highest BCUT2D eigenvalue weighted by molar-refractivity contribution is 7.18. The highest BCUT2D eigenvalue weighted by atomic mass is 32.1. The number of rotatable bonds is 4. The maximum absolute atomic E-state index is 4.78. The maximum atomic E-state index is 4.78. The molecule has 23 heavy (non-hydrogen) atoms. The average molecular weight is 327 g/mol. The Hall–Kier alpha value is -1.79. The van der Waals surface area contributed by atoms with Crippen LogP contribution < -0.4 is 0 Å². The molecule has 0 N–H and O–H groups in total. The summed E-state index contributed by atoms with van der Waals surface area (Å²) in [5.41, 5.74) is 1.12. The lowest BCUT2D eigenvalue weighted by atomic mass is 10.2. The van der Waals surface area contributed by atoms with Gasteiger partial charge in [-0.2, -0.15) is 5.10 Å². The predicted octanol–water partition coefficient (Wildman–Crippen LogP) is 3.17. The van der Waals surface area contributed by atoms with Crippen LogP contribution in [0, 0.1) is 13.8 Å². The molecule has 4 rings (SSSR count). The first-order valence-electron chi connectivity index (χ1n) is 8.15. The Morgan fingerprint density at radius 3 is 2.87 bits per heavy atom. The van der Waals surface area contributed by atoms with Gasteiger partial charge in [0.15, 0.2) is 0 Å². The van der Waals surface area contributed by atoms with Crippen LogP contribution in [0.25, 0.3) is 10.2 Å². The van der Waals surface area contributed by atoms with Crippen LogP contribution in [-0.4, -0.2) is 37.2 Å². The molecule has 1 unspecified atom stereocenters. The molecule has 1 aliphatic rings. The van der Waals surface area contributed by atoms with Crippen molar-refractivity contribution in [2.24, 2.45) is 0 Å². The summed E-state index contributed by atoms with van der Waals surface area (Å²) in [5.74, 6) is 1.87. The van der Waals surface area contributed by atoms with Crippen molar-refractivity contribution in [3.8, 4) is 0 Å². The summed E-state index contributed by atoms with van der Waals surface area (Å²) in [6.45, 7) is 7.01. The van der Waals surface area contributed by atoms with Crippen molar-refractivity contribution < 1.29 is 0 Å². The number of hydrogen-bond acceptors (Lipinski definition) is 5. The molecule has 0 saturated carbocycles. The molecule has 1 aromatic carbocycles. The van der Waals surface area contributed by atoms with Gasteiger partial charge in [-0.25, -0.2) is 14.6 Å². The molecule has 3 heterocycles. The lowest BCUT2D eigenvalue weighted by molar-refractivity contribution is 0.217. The number of fused-ring (bicyclic) bond motifs is 1. The van der Waals surface area contributed by atoms with Gasteiger partial charge >= 0.3 is 0 Å². The van der Waals surface area contributed by atoms with Crippen molar-refractivity contribution in [1.29, 1.82) is 0 Å². The standard InChI is InChI=1S/C17H21N5S/c1-12-18-13(2)22(20-12)10-14-6-5-9-21(14)11-17-19-15-7-3-4-8-16(15)23-17/h3-4,7-8,14H,5-6,9-11H2,1-2H3. The molecule has 5 nitrogen and oxygen atoms in total. The molecule has 1 saturated heterocycles. The van der Waals surface area contributed by atoms with Crippen molar-refractivity contribution in [3.05, 3.63) is 40.9 Å². The third kappa shape index (κ3) is 3.01. The van der Waals surface area contributed by atoms with Crippen molar-refractivity contribution in [2.45, 2.75) is 45.8 Å². The minimum Gasteiger partial charge on any atom is -0.292 e. The third-order valence-corrected chi connectivity index (χ3v) is 5.54. The first kappa shape index (κ1) is 14.8. The van der Waals surface area contributed by atoms with E-state index in [1.54, 1.807) is 0 Å². The summed E-state index contributed by atoms with van der Waals surface area (Å²) in [6.07, 6.45) is 2.48. The number of para-hydroxylation sites is 1. The van der Waals surface area contributed by atoms with E-state index in [1.807, 2.05) is 25.2 Å². The van der Waals surface area contributed by atoms with Gasteiger partial charge in [-0.15, -0.1) is 11.3 Å². The zero-order valence-corrected chi connectivity index (χ0v) is 14.4. The second-order valence-electron chi connectivity index (χ2n) is 6.23. The van der Waals surface area contributed by atoms with E-state index in [9.17, 15) is 0 Å². The number of likely N-dealkylation sites (tertiary alicyclic amines) is 1. The average Bonchev–Trinajstić information content (AvgIpc) is 3.20. The molecule has 0 aliphatic carbocycles. The molecular formula is C17H21N5S.